The molecule has 394 valence electrons. The molecule has 2 fully saturated rings. The molecule has 5 aromatic carbocycles. The van der Waals surface area contributed by atoms with Gasteiger partial charge in [-0.1, -0.05) is 129 Å². The van der Waals surface area contributed by atoms with Crippen molar-refractivity contribution in [1.29, 1.82) is 0 Å². The number of aliphatic hydroxyl groups excluding tert-OH is 2. The van der Waals surface area contributed by atoms with Crippen LogP contribution in [0.15, 0.2) is 133 Å². The van der Waals surface area contributed by atoms with E-state index in [0.29, 0.717) is 28.0 Å². The summed E-state index contributed by atoms with van der Waals surface area (Å²) in [5.41, 5.74) is 0.0448. The third kappa shape index (κ3) is 10.2. The number of carbonyl (C=O) groups excluding carboxylic acids is 7. The Morgan fingerprint density at radius 2 is 1.36 bits per heavy atom. The number of imide groups is 1. The van der Waals surface area contributed by atoms with Crippen molar-refractivity contribution in [3.63, 3.8) is 0 Å². The highest BCUT2D eigenvalue weighted by molar-refractivity contribution is 6.25. The molecule has 18 nitrogen and oxygen atoms in total. The first-order chi connectivity index (χ1) is 36.7. The first-order valence-corrected chi connectivity index (χ1v) is 24.7. The van der Waals surface area contributed by atoms with E-state index in [-0.39, 0.29) is 43.0 Å². The average molecular weight is 1040 g/mol. The van der Waals surface area contributed by atoms with Crippen LogP contribution in [0.25, 0.3) is 0 Å². The van der Waals surface area contributed by atoms with Crippen molar-refractivity contribution in [3.05, 3.63) is 167 Å². The molecule has 0 radical (unpaired) electrons. The monoisotopic (exact) mass is 1030 g/mol. The van der Waals surface area contributed by atoms with E-state index in [2.05, 4.69) is 22.5 Å². The van der Waals surface area contributed by atoms with E-state index in [4.69, 9.17) is 23.7 Å². The highest BCUT2D eigenvalue weighted by Gasteiger charge is 2.75. The Morgan fingerprint density at radius 1 is 0.750 bits per heavy atom. The molecule has 0 aromatic heterocycles. The van der Waals surface area contributed by atoms with Gasteiger partial charge in [0.1, 0.15) is 36.0 Å². The molecule has 0 bridgehead atoms. The Bertz CT molecular complexity index is 3000. The summed E-state index contributed by atoms with van der Waals surface area (Å²) < 4.78 is 27.1. The van der Waals surface area contributed by atoms with Crippen LogP contribution < -0.4 is 20.3 Å². The van der Waals surface area contributed by atoms with Gasteiger partial charge >= 0.3 is 29.9 Å². The minimum Gasteiger partial charge on any atom is -0.491 e. The highest BCUT2D eigenvalue weighted by atomic mass is 16.6. The van der Waals surface area contributed by atoms with Crippen molar-refractivity contribution in [2.45, 2.75) is 62.1 Å². The third-order valence-corrected chi connectivity index (χ3v) is 14.1. The van der Waals surface area contributed by atoms with Gasteiger partial charge < -0.3 is 44.5 Å². The molecule has 18 heteroatoms. The van der Waals surface area contributed by atoms with Crippen LogP contribution >= 0.6 is 0 Å². The maximum atomic E-state index is 16.7. The molecule has 0 saturated carbocycles. The summed E-state index contributed by atoms with van der Waals surface area (Å²) in [5.74, 6) is -2.77. The lowest BCUT2D eigenvalue weighted by Crippen LogP contribution is -2.58. The van der Waals surface area contributed by atoms with Crippen LogP contribution in [0.5, 0.6) is 5.75 Å². The summed E-state index contributed by atoms with van der Waals surface area (Å²) in [6, 6.07) is 31.7. The molecular weight excluding hydrogens is 977 g/mol. The summed E-state index contributed by atoms with van der Waals surface area (Å²) >= 11 is 0. The van der Waals surface area contributed by atoms with E-state index < -0.39 is 101 Å². The van der Waals surface area contributed by atoms with Gasteiger partial charge in [-0.15, -0.1) is 0 Å². The third-order valence-electron chi connectivity index (χ3n) is 14.1. The zero-order valence-corrected chi connectivity index (χ0v) is 42.4. The molecule has 8 unspecified atom stereocenters. The molecule has 3 aliphatic heterocycles. The topological polar surface area (TPSA) is 237 Å². The van der Waals surface area contributed by atoms with Crippen molar-refractivity contribution in [2.75, 3.05) is 46.0 Å². The van der Waals surface area contributed by atoms with Crippen molar-refractivity contribution < 1.29 is 67.5 Å². The molecular formula is C58H58N4O14. The van der Waals surface area contributed by atoms with E-state index in [0.717, 1.165) is 19.1 Å². The molecule has 4 N–H and O–H groups in total. The molecule has 8 rings (SSSR count). The minimum atomic E-state index is -2.29. The normalized spacial score (nSPS) is 21.3. The standard InChI is InChI=1S/C58H58N4O14/c1-34(2)46(54(68)74-5)60-57(71)61-43-29-24-35(16-15-23-41(52(66)72-3)53(67)73-4)32-42(43)58(56(61)70)45(51(65)59-33-44(64)36-17-9-6-10-18-36)48-55(69)76-49(38-21-13-8-14-22-38)47(37-19-11-7-12-20-37)62(48)50(58)39-25-27-40(28-26-39)75-31-30-63/h6-14,17-22,24-29,32,34,41,44-50,63-64H,23,30-31,33H2,1-5H3,(H,59,65)(H,60,71). The number of nitrogens with zero attached hydrogens (tertiary/aromatic N) is 2. The molecule has 2 saturated heterocycles. The number of cyclic esters (lactones) is 1. The second kappa shape index (κ2) is 23.4. The quantitative estimate of drug-likeness (QED) is 0.0431. The van der Waals surface area contributed by atoms with Gasteiger partial charge in [0.05, 0.1) is 57.7 Å². The maximum absolute atomic E-state index is 16.7. The van der Waals surface area contributed by atoms with Gasteiger partial charge in [-0.2, -0.15) is 0 Å². The second-order valence-corrected chi connectivity index (χ2v) is 18.7. The number of esters is 4. The second-order valence-electron chi connectivity index (χ2n) is 18.7. The van der Waals surface area contributed by atoms with Crippen LogP contribution in [0.2, 0.25) is 0 Å². The summed E-state index contributed by atoms with van der Waals surface area (Å²) in [6.07, 6.45) is -2.64. The summed E-state index contributed by atoms with van der Waals surface area (Å²) in [4.78, 5) is 105. The van der Waals surface area contributed by atoms with Gasteiger partial charge in [-0.25, -0.2) is 14.5 Å². The average Bonchev–Trinajstić information content (AvgIpc) is 3.91. The predicted octanol–water partition coefficient (Wildman–Crippen LogP) is 5.18. The number of fused-ring (bicyclic) bond motifs is 3. The van der Waals surface area contributed by atoms with Crippen LogP contribution in [-0.4, -0.2) is 110 Å². The van der Waals surface area contributed by atoms with E-state index in [1.165, 1.54) is 25.3 Å². The Hall–Kier alpha value is -8.37. The van der Waals surface area contributed by atoms with Crippen LogP contribution in [0.1, 0.15) is 77.9 Å². The van der Waals surface area contributed by atoms with Gasteiger partial charge in [0.25, 0.3) is 0 Å². The number of carbonyl (C=O) groups is 7. The number of ether oxygens (including phenoxy) is 5. The van der Waals surface area contributed by atoms with Crippen molar-refractivity contribution in [2.24, 2.45) is 17.8 Å². The van der Waals surface area contributed by atoms with E-state index in [9.17, 15) is 24.6 Å². The van der Waals surface area contributed by atoms with E-state index in [1.807, 2.05) is 53.4 Å². The Morgan fingerprint density at radius 3 is 1.95 bits per heavy atom. The summed E-state index contributed by atoms with van der Waals surface area (Å²) in [7, 11) is 3.41. The fourth-order valence-electron chi connectivity index (χ4n) is 10.6. The van der Waals surface area contributed by atoms with Gasteiger partial charge in [-0.3, -0.25) is 28.9 Å². The molecule has 8 atom stereocenters. The summed E-state index contributed by atoms with van der Waals surface area (Å²) in [6.45, 7) is 2.66. The number of benzene rings is 5. The van der Waals surface area contributed by atoms with Crippen molar-refractivity contribution >= 4 is 47.4 Å². The number of nitrogens with one attached hydrogen (secondary N) is 2. The zero-order valence-electron chi connectivity index (χ0n) is 42.4. The van der Waals surface area contributed by atoms with E-state index >= 15 is 19.2 Å². The number of aliphatic hydroxyl groups is 2. The number of urea groups is 1. The van der Waals surface area contributed by atoms with Crippen molar-refractivity contribution in [1.82, 2.24) is 15.5 Å². The minimum absolute atomic E-state index is 0.0264. The summed E-state index contributed by atoms with van der Waals surface area (Å²) in [5, 5.41) is 26.7. The first-order valence-electron chi connectivity index (χ1n) is 24.7. The lowest BCUT2D eigenvalue weighted by molar-refractivity contribution is -0.178. The largest absolute Gasteiger partial charge is 0.491 e. The number of anilines is 1. The van der Waals surface area contributed by atoms with Crippen LogP contribution in [0.4, 0.5) is 10.5 Å². The molecule has 3 heterocycles. The number of hydrogen-bond donors (Lipinski definition) is 4. The number of methoxy groups -OCH3 is 3. The highest BCUT2D eigenvalue weighted by Crippen LogP contribution is 2.66. The Labute approximate surface area is 439 Å². The lowest BCUT2D eigenvalue weighted by Gasteiger charge is -2.46. The molecule has 4 amide bonds. The molecule has 1 spiro atoms. The van der Waals surface area contributed by atoms with Crippen LogP contribution in [-0.2, 0) is 53.1 Å². The smallest absolute Gasteiger partial charge is 0.329 e. The fraction of sp³-hybridized carbons (Fsp3) is 0.328. The van der Waals surface area contributed by atoms with Gasteiger partial charge in [0.2, 0.25) is 11.8 Å². The number of amides is 4. The molecule has 0 aliphatic carbocycles. The van der Waals surface area contributed by atoms with E-state index in [1.54, 1.807) is 80.6 Å². The fourth-order valence-corrected chi connectivity index (χ4v) is 10.6. The van der Waals surface area contributed by atoms with Crippen molar-refractivity contribution in [3.8, 4) is 17.6 Å². The van der Waals surface area contributed by atoms with Gasteiger partial charge in [-0.05, 0) is 64.1 Å². The lowest BCUT2D eigenvalue weighted by atomic mass is 9.65. The number of morpholine rings is 1. The number of hydrogen-bond acceptors (Lipinski definition) is 15. The van der Waals surface area contributed by atoms with Crippen LogP contribution in [0.3, 0.4) is 0 Å². The zero-order chi connectivity index (χ0) is 54.3. The van der Waals surface area contributed by atoms with Crippen LogP contribution in [0, 0.1) is 29.6 Å². The Balaban J connectivity index is 1.44. The Kier molecular flexibility index (Phi) is 16.6. The maximum Gasteiger partial charge on any atom is 0.329 e. The SMILES string of the molecule is COC(=O)C(CC#Cc1ccc2c(c1)C1(C(=O)N2C(=O)NC(C(=O)OC)C(C)C)C(C(=O)NCC(O)c2ccccc2)C2C(=O)OC(c3ccccc3)C(c3ccccc3)N2C1c1ccc(OCCO)cc1)C(=O)OC. The first kappa shape index (κ1) is 53.9. The van der Waals surface area contributed by atoms with Gasteiger partial charge in [0.15, 0.2) is 5.92 Å². The van der Waals surface area contributed by atoms with Gasteiger partial charge in [0, 0.05) is 18.5 Å². The predicted molar refractivity (Wildman–Crippen MR) is 274 cm³/mol. The molecule has 76 heavy (non-hydrogen) atoms. The molecule has 5 aromatic rings. The molecule has 3 aliphatic rings. The number of rotatable bonds is 16.